The van der Waals surface area contributed by atoms with Crippen LogP contribution < -0.4 is 0 Å². The molecule has 1 unspecified atom stereocenters. The predicted octanol–water partition coefficient (Wildman–Crippen LogP) is 3.69. The molecule has 0 aromatic rings. The second kappa shape index (κ2) is 7.28. The minimum atomic E-state index is 0.941. The van der Waals surface area contributed by atoms with Crippen LogP contribution in [0.15, 0.2) is 0 Å². The highest BCUT2D eigenvalue weighted by Gasteiger charge is 2.08. The molecule has 84 valence electrons. The lowest BCUT2D eigenvalue weighted by Gasteiger charge is -2.26. The summed E-state index contributed by atoms with van der Waals surface area (Å²) in [6, 6.07) is 0. The van der Waals surface area contributed by atoms with Crippen LogP contribution in [0.4, 0.5) is 0 Å². The fourth-order valence-electron chi connectivity index (χ4n) is 2.22. The molecule has 0 aliphatic carbocycles. The molecule has 0 saturated carbocycles. The van der Waals surface area contributed by atoms with Crippen LogP contribution in [0.1, 0.15) is 58.8 Å². The first-order valence-corrected chi connectivity index (χ1v) is 6.55. The molecule has 1 fully saturated rings. The third-order valence-electron chi connectivity index (χ3n) is 3.57. The maximum Gasteiger partial charge on any atom is -0.00187 e. The molecule has 0 radical (unpaired) electrons. The first kappa shape index (κ1) is 12.0. The van der Waals surface area contributed by atoms with Gasteiger partial charge < -0.3 is 4.90 Å². The van der Waals surface area contributed by atoms with E-state index in [-0.39, 0.29) is 0 Å². The molecule has 1 heteroatoms. The highest BCUT2D eigenvalue weighted by atomic mass is 15.1. The first-order chi connectivity index (χ1) is 6.83. The van der Waals surface area contributed by atoms with Gasteiger partial charge in [-0.25, -0.2) is 0 Å². The largest absolute Gasteiger partial charge is 0.303 e. The molecule has 0 aromatic heterocycles. The molecule has 0 spiro atoms. The fraction of sp³-hybridized carbons (Fsp3) is 1.00. The van der Waals surface area contributed by atoms with Crippen LogP contribution in [0.3, 0.4) is 0 Å². The zero-order valence-corrected chi connectivity index (χ0v) is 10.1. The van der Waals surface area contributed by atoms with Crippen LogP contribution in [0.25, 0.3) is 0 Å². The molecule has 1 atom stereocenters. The number of unbranched alkanes of at least 4 members (excludes halogenated alkanes) is 1. The van der Waals surface area contributed by atoms with Crippen LogP contribution >= 0.6 is 0 Å². The van der Waals surface area contributed by atoms with Crippen molar-refractivity contribution in [1.29, 1.82) is 0 Å². The number of nitrogens with zero attached hydrogens (tertiary/aromatic N) is 1. The van der Waals surface area contributed by atoms with Crippen molar-refractivity contribution in [2.45, 2.75) is 58.8 Å². The molecular formula is C13H27N. The summed E-state index contributed by atoms with van der Waals surface area (Å²) >= 11 is 0. The van der Waals surface area contributed by atoms with E-state index in [9.17, 15) is 0 Å². The summed E-state index contributed by atoms with van der Waals surface area (Å²) in [5.74, 6) is 0.941. The smallest absolute Gasteiger partial charge is 0.00187 e. The minimum absolute atomic E-state index is 0.941. The second-order valence-corrected chi connectivity index (χ2v) is 4.91. The van der Waals surface area contributed by atoms with E-state index in [1.54, 1.807) is 0 Å². The monoisotopic (exact) mass is 197 g/mol. The van der Waals surface area contributed by atoms with Gasteiger partial charge in [-0.3, -0.25) is 0 Å². The van der Waals surface area contributed by atoms with E-state index >= 15 is 0 Å². The number of hydrogen-bond donors (Lipinski definition) is 0. The lowest BCUT2D eigenvalue weighted by atomic mass is 10.0. The summed E-state index contributed by atoms with van der Waals surface area (Å²) in [4.78, 5) is 2.65. The Labute approximate surface area is 89.9 Å². The van der Waals surface area contributed by atoms with Gasteiger partial charge in [-0.2, -0.15) is 0 Å². The molecule has 1 aliphatic heterocycles. The van der Waals surface area contributed by atoms with Crippen molar-refractivity contribution in [3.8, 4) is 0 Å². The van der Waals surface area contributed by atoms with Crippen molar-refractivity contribution in [3.05, 3.63) is 0 Å². The molecule has 1 saturated heterocycles. The summed E-state index contributed by atoms with van der Waals surface area (Å²) in [5.41, 5.74) is 0. The molecule has 0 amide bonds. The van der Waals surface area contributed by atoms with Crippen LogP contribution in [-0.4, -0.2) is 24.5 Å². The molecule has 0 bridgehead atoms. The molecular weight excluding hydrogens is 170 g/mol. The van der Waals surface area contributed by atoms with Crippen molar-refractivity contribution in [3.63, 3.8) is 0 Å². The van der Waals surface area contributed by atoms with Crippen molar-refractivity contribution in [1.82, 2.24) is 4.90 Å². The Kier molecular flexibility index (Phi) is 6.25. The van der Waals surface area contributed by atoms with Gasteiger partial charge in [0.15, 0.2) is 0 Å². The Morgan fingerprint density at radius 2 is 1.79 bits per heavy atom. The normalized spacial score (nSPS) is 21.0. The summed E-state index contributed by atoms with van der Waals surface area (Å²) in [6.45, 7) is 8.76. The maximum atomic E-state index is 2.65. The highest BCUT2D eigenvalue weighted by Crippen LogP contribution is 2.13. The Balaban J connectivity index is 1.92. The van der Waals surface area contributed by atoms with Crippen LogP contribution in [0.5, 0.6) is 0 Å². The van der Waals surface area contributed by atoms with Gasteiger partial charge in [0, 0.05) is 0 Å². The second-order valence-electron chi connectivity index (χ2n) is 4.91. The fourth-order valence-corrected chi connectivity index (χ4v) is 2.22. The number of rotatable bonds is 6. The Hall–Kier alpha value is -0.0400. The van der Waals surface area contributed by atoms with E-state index < -0.39 is 0 Å². The summed E-state index contributed by atoms with van der Waals surface area (Å²) < 4.78 is 0. The summed E-state index contributed by atoms with van der Waals surface area (Å²) in [6.07, 6.45) is 9.98. The van der Waals surface area contributed by atoms with E-state index in [4.69, 9.17) is 0 Å². The van der Waals surface area contributed by atoms with E-state index in [1.807, 2.05) is 0 Å². The third kappa shape index (κ3) is 4.99. The van der Waals surface area contributed by atoms with Crippen LogP contribution in [-0.2, 0) is 0 Å². The lowest BCUT2D eigenvalue weighted by Crippen LogP contribution is -2.30. The quantitative estimate of drug-likeness (QED) is 0.587. The summed E-state index contributed by atoms with van der Waals surface area (Å²) in [5, 5.41) is 0. The van der Waals surface area contributed by atoms with Gasteiger partial charge in [0.2, 0.25) is 0 Å². The van der Waals surface area contributed by atoms with Crippen molar-refractivity contribution < 1.29 is 0 Å². The number of piperidine rings is 1. The minimum Gasteiger partial charge on any atom is -0.303 e. The average Bonchev–Trinajstić information content (AvgIpc) is 2.25. The van der Waals surface area contributed by atoms with Crippen LogP contribution in [0.2, 0.25) is 0 Å². The number of likely N-dealkylation sites (tertiary alicyclic amines) is 1. The van der Waals surface area contributed by atoms with Gasteiger partial charge >= 0.3 is 0 Å². The Bertz CT molecular complexity index is 127. The van der Waals surface area contributed by atoms with E-state index in [2.05, 4.69) is 18.7 Å². The maximum absolute atomic E-state index is 2.65. The molecule has 1 rings (SSSR count). The predicted molar refractivity (Wildman–Crippen MR) is 63.6 cm³/mol. The first-order valence-electron chi connectivity index (χ1n) is 6.55. The average molecular weight is 197 g/mol. The van der Waals surface area contributed by atoms with Gasteiger partial charge in [0.1, 0.15) is 0 Å². The highest BCUT2D eigenvalue weighted by molar-refractivity contribution is 4.64. The zero-order chi connectivity index (χ0) is 10.2. The van der Waals surface area contributed by atoms with Gasteiger partial charge in [-0.05, 0) is 44.8 Å². The Morgan fingerprint density at radius 3 is 2.43 bits per heavy atom. The molecule has 0 aromatic carbocycles. The molecule has 0 N–H and O–H groups in total. The molecule has 1 aliphatic rings. The SMILES string of the molecule is CCC(C)CCCCN1CCCCC1. The van der Waals surface area contributed by atoms with Gasteiger partial charge in [0.05, 0.1) is 0 Å². The van der Waals surface area contributed by atoms with E-state index in [0.29, 0.717) is 0 Å². The van der Waals surface area contributed by atoms with E-state index in [1.165, 1.54) is 64.6 Å². The van der Waals surface area contributed by atoms with Crippen molar-refractivity contribution in [2.75, 3.05) is 19.6 Å². The zero-order valence-electron chi connectivity index (χ0n) is 10.1. The van der Waals surface area contributed by atoms with Crippen LogP contribution in [0, 0.1) is 5.92 Å². The standard InChI is InChI=1S/C13H27N/c1-3-13(2)9-5-8-12-14-10-6-4-7-11-14/h13H,3-12H2,1-2H3. The van der Waals surface area contributed by atoms with Gasteiger partial charge in [0.25, 0.3) is 0 Å². The van der Waals surface area contributed by atoms with Crippen molar-refractivity contribution in [2.24, 2.45) is 5.92 Å². The molecule has 14 heavy (non-hydrogen) atoms. The van der Waals surface area contributed by atoms with Gasteiger partial charge in [-0.15, -0.1) is 0 Å². The molecule has 1 heterocycles. The summed E-state index contributed by atoms with van der Waals surface area (Å²) in [7, 11) is 0. The van der Waals surface area contributed by atoms with Crippen molar-refractivity contribution >= 4 is 0 Å². The number of hydrogen-bond acceptors (Lipinski definition) is 1. The van der Waals surface area contributed by atoms with Gasteiger partial charge in [-0.1, -0.05) is 39.5 Å². The topological polar surface area (TPSA) is 3.24 Å². The molecule has 1 nitrogen and oxygen atoms in total. The Morgan fingerprint density at radius 1 is 1.07 bits per heavy atom. The lowest BCUT2D eigenvalue weighted by molar-refractivity contribution is 0.222. The van der Waals surface area contributed by atoms with E-state index in [0.717, 1.165) is 5.92 Å². The third-order valence-corrected chi connectivity index (χ3v) is 3.57.